The zero-order valence-electron chi connectivity index (χ0n) is 12.4. The highest BCUT2D eigenvalue weighted by atomic mass is 35.5. The smallest absolute Gasteiger partial charge is 0.255 e. The summed E-state index contributed by atoms with van der Waals surface area (Å²) in [6.07, 6.45) is 1.68. The van der Waals surface area contributed by atoms with Crippen molar-refractivity contribution in [3.8, 4) is 0 Å². The van der Waals surface area contributed by atoms with E-state index in [4.69, 9.17) is 5.73 Å². The molecule has 0 saturated heterocycles. The van der Waals surface area contributed by atoms with Crippen LogP contribution >= 0.6 is 12.4 Å². The Hall–Kier alpha value is -1.07. The molecule has 0 atom stereocenters. The van der Waals surface area contributed by atoms with Crippen LogP contribution in [0.2, 0.25) is 0 Å². The molecule has 19 heavy (non-hydrogen) atoms. The first-order valence-electron chi connectivity index (χ1n) is 6.42. The van der Waals surface area contributed by atoms with Crippen molar-refractivity contribution in [3.63, 3.8) is 0 Å². The van der Waals surface area contributed by atoms with E-state index in [-0.39, 0.29) is 23.9 Å². The highest BCUT2D eigenvalue weighted by Crippen LogP contribution is 2.13. The van der Waals surface area contributed by atoms with Gasteiger partial charge in [0, 0.05) is 24.8 Å². The number of aryl methyl sites for hydroxylation is 2. The topological polar surface area (TPSA) is 72.9 Å². The lowest BCUT2D eigenvalue weighted by atomic mass is 9.94. The molecule has 0 aliphatic carbocycles. The van der Waals surface area contributed by atoms with Crippen LogP contribution in [-0.2, 0) is 7.05 Å². The Morgan fingerprint density at radius 3 is 2.26 bits per heavy atom. The van der Waals surface area contributed by atoms with Crippen LogP contribution in [0.15, 0.2) is 0 Å². The molecule has 0 fully saturated rings. The Balaban J connectivity index is 0.00000324. The van der Waals surface area contributed by atoms with Gasteiger partial charge in [-0.05, 0) is 26.7 Å². The second-order valence-electron chi connectivity index (χ2n) is 4.92. The summed E-state index contributed by atoms with van der Waals surface area (Å²) in [5.74, 6) is -0.0881. The SMILES string of the molecule is CCC(N)(CC)CNC(=O)c1c(C)nn(C)c1C.Cl. The zero-order valence-corrected chi connectivity index (χ0v) is 13.2. The molecular weight excluding hydrogens is 264 g/mol. The van der Waals surface area contributed by atoms with E-state index in [2.05, 4.69) is 10.4 Å². The Morgan fingerprint density at radius 1 is 1.37 bits per heavy atom. The van der Waals surface area contributed by atoms with E-state index in [0.717, 1.165) is 24.2 Å². The van der Waals surface area contributed by atoms with Crippen molar-refractivity contribution in [2.45, 2.75) is 46.1 Å². The summed E-state index contributed by atoms with van der Waals surface area (Å²) >= 11 is 0. The Morgan fingerprint density at radius 2 is 1.89 bits per heavy atom. The van der Waals surface area contributed by atoms with Gasteiger partial charge < -0.3 is 11.1 Å². The van der Waals surface area contributed by atoms with E-state index in [0.29, 0.717) is 12.1 Å². The van der Waals surface area contributed by atoms with Gasteiger partial charge in [-0.1, -0.05) is 13.8 Å². The minimum absolute atomic E-state index is 0. The lowest BCUT2D eigenvalue weighted by Gasteiger charge is -2.26. The maximum absolute atomic E-state index is 12.2. The normalized spacial score (nSPS) is 11.1. The van der Waals surface area contributed by atoms with Crippen molar-refractivity contribution in [1.29, 1.82) is 0 Å². The van der Waals surface area contributed by atoms with Crippen LogP contribution in [0.25, 0.3) is 0 Å². The number of hydrogen-bond donors (Lipinski definition) is 2. The van der Waals surface area contributed by atoms with Crippen molar-refractivity contribution in [3.05, 3.63) is 17.0 Å². The molecule has 0 spiro atoms. The standard InChI is InChI=1S/C13H24N4O.ClH/c1-6-13(14,7-2)8-15-12(18)11-9(3)16-17(5)10(11)4;/h6-8,14H2,1-5H3,(H,15,18);1H. The number of aromatic nitrogens is 2. The van der Waals surface area contributed by atoms with Crippen molar-refractivity contribution in [1.82, 2.24) is 15.1 Å². The fraction of sp³-hybridized carbons (Fsp3) is 0.692. The molecular formula is C13H25ClN4O. The van der Waals surface area contributed by atoms with Gasteiger partial charge in [-0.2, -0.15) is 5.10 Å². The molecule has 0 unspecified atom stereocenters. The third-order valence-corrected chi connectivity index (χ3v) is 3.75. The highest BCUT2D eigenvalue weighted by molar-refractivity contribution is 5.96. The molecule has 1 rings (SSSR count). The number of amides is 1. The molecule has 0 bridgehead atoms. The van der Waals surface area contributed by atoms with Gasteiger partial charge in [-0.15, -0.1) is 12.4 Å². The molecule has 0 saturated carbocycles. The van der Waals surface area contributed by atoms with Crippen LogP contribution in [-0.4, -0.2) is 27.8 Å². The largest absolute Gasteiger partial charge is 0.350 e. The van der Waals surface area contributed by atoms with E-state index in [9.17, 15) is 4.79 Å². The second kappa shape index (κ2) is 6.91. The van der Waals surface area contributed by atoms with Crippen LogP contribution in [0.3, 0.4) is 0 Å². The molecule has 1 heterocycles. The van der Waals surface area contributed by atoms with E-state index < -0.39 is 0 Å². The summed E-state index contributed by atoms with van der Waals surface area (Å²) in [6.45, 7) is 8.31. The number of nitrogens with zero attached hydrogens (tertiary/aromatic N) is 2. The molecule has 0 aromatic carbocycles. The minimum atomic E-state index is -0.320. The number of nitrogens with one attached hydrogen (secondary N) is 1. The van der Waals surface area contributed by atoms with E-state index in [1.54, 1.807) is 4.68 Å². The van der Waals surface area contributed by atoms with Gasteiger partial charge in [0.25, 0.3) is 5.91 Å². The molecule has 6 heteroatoms. The molecule has 3 N–H and O–H groups in total. The van der Waals surface area contributed by atoms with Gasteiger partial charge in [-0.25, -0.2) is 0 Å². The summed E-state index contributed by atoms with van der Waals surface area (Å²) in [7, 11) is 1.84. The van der Waals surface area contributed by atoms with Gasteiger partial charge in [-0.3, -0.25) is 9.48 Å². The van der Waals surface area contributed by atoms with Gasteiger partial charge in [0.2, 0.25) is 0 Å². The maximum Gasteiger partial charge on any atom is 0.255 e. The predicted octanol–water partition coefficient (Wildman–Crippen LogP) is 1.71. The van der Waals surface area contributed by atoms with Gasteiger partial charge >= 0.3 is 0 Å². The third kappa shape index (κ3) is 3.94. The zero-order chi connectivity index (χ0) is 13.9. The highest BCUT2D eigenvalue weighted by Gasteiger charge is 2.23. The monoisotopic (exact) mass is 288 g/mol. The number of nitrogens with two attached hydrogens (primary N) is 1. The third-order valence-electron chi connectivity index (χ3n) is 3.75. The number of rotatable bonds is 5. The number of hydrogen-bond acceptors (Lipinski definition) is 3. The van der Waals surface area contributed by atoms with Gasteiger partial charge in [0.1, 0.15) is 0 Å². The van der Waals surface area contributed by atoms with Crippen LogP contribution in [0.5, 0.6) is 0 Å². The van der Waals surface area contributed by atoms with Crippen molar-refractivity contribution in [2.75, 3.05) is 6.54 Å². The molecule has 0 aliphatic heterocycles. The molecule has 1 aromatic heterocycles. The first-order chi connectivity index (χ1) is 8.34. The summed E-state index contributed by atoms with van der Waals surface area (Å²) in [4.78, 5) is 12.2. The molecule has 1 aromatic rings. The van der Waals surface area contributed by atoms with Crippen molar-refractivity contribution in [2.24, 2.45) is 12.8 Å². The quantitative estimate of drug-likeness (QED) is 0.866. The Kier molecular flexibility index (Phi) is 6.52. The summed E-state index contributed by atoms with van der Waals surface area (Å²) in [6, 6.07) is 0. The average molecular weight is 289 g/mol. The lowest BCUT2D eigenvalue weighted by molar-refractivity contribution is 0.0941. The van der Waals surface area contributed by atoms with Crippen LogP contribution in [0.1, 0.15) is 48.4 Å². The van der Waals surface area contributed by atoms with Gasteiger partial charge in [0.15, 0.2) is 0 Å². The first-order valence-corrected chi connectivity index (χ1v) is 6.42. The van der Waals surface area contributed by atoms with E-state index >= 15 is 0 Å². The first kappa shape index (κ1) is 17.9. The summed E-state index contributed by atoms with van der Waals surface area (Å²) in [5.41, 5.74) is 8.14. The summed E-state index contributed by atoms with van der Waals surface area (Å²) in [5, 5.41) is 7.16. The second-order valence-corrected chi connectivity index (χ2v) is 4.92. The fourth-order valence-electron chi connectivity index (χ4n) is 1.95. The van der Waals surface area contributed by atoms with E-state index in [1.165, 1.54) is 0 Å². The Bertz CT molecular complexity index is 438. The minimum Gasteiger partial charge on any atom is -0.350 e. The van der Waals surface area contributed by atoms with Gasteiger partial charge in [0.05, 0.1) is 11.3 Å². The number of carbonyl (C=O) groups excluding carboxylic acids is 1. The fourth-order valence-corrected chi connectivity index (χ4v) is 1.95. The number of carbonyl (C=O) groups is 1. The lowest BCUT2D eigenvalue weighted by Crippen LogP contribution is -2.49. The molecule has 0 radical (unpaired) electrons. The van der Waals surface area contributed by atoms with Crippen molar-refractivity contribution >= 4 is 18.3 Å². The summed E-state index contributed by atoms with van der Waals surface area (Å²) < 4.78 is 1.72. The Labute approximate surface area is 121 Å². The predicted molar refractivity (Wildman–Crippen MR) is 79.8 cm³/mol. The maximum atomic E-state index is 12.2. The van der Waals surface area contributed by atoms with Crippen molar-refractivity contribution < 1.29 is 4.79 Å². The molecule has 1 amide bonds. The van der Waals surface area contributed by atoms with Crippen LogP contribution < -0.4 is 11.1 Å². The molecule has 5 nitrogen and oxygen atoms in total. The van der Waals surface area contributed by atoms with E-state index in [1.807, 2.05) is 34.7 Å². The molecule has 0 aliphatic rings. The van der Waals surface area contributed by atoms with Crippen LogP contribution in [0.4, 0.5) is 0 Å². The average Bonchev–Trinajstić information content (AvgIpc) is 2.60. The number of halogens is 1. The molecule has 110 valence electrons. The van der Waals surface area contributed by atoms with Crippen LogP contribution in [0, 0.1) is 13.8 Å².